The van der Waals surface area contributed by atoms with E-state index in [0.29, 0.717) is 0 Å². The number of halogens is 2. The highest BCUT2D eigenvalue weighted by atomic mass is 19.1. The zero-order valence-corrected chi connectivity index (χ0v) is 14.5. The molecule has 1 saturated heterocycles. The number of amides is 2. The smallest absolute Gasteiger partial charge is 0.319 e. The van der Waals surface area contributed by atoms with E-state index in [1.165, 1.54) is 6.07 Å². The Bertz CT molecular complexity index is 778. The number of pyridine rings is 1. The van der Waals surface area contributed by atoms with Gasteiger partial charge in [0.1, 0.15) is 17.5 Å². The van der Waals surface area contributed by atoms with Gasteiger partial charge in [-0.3, -0.25) is 0 Å². The Kier molecular flexibility index (Phi) is 5.62. The van der Waals surface area contributed by atoms with E-state index in [2.05, 4.69) is 32.5 Å². The lowest BCUT2D eigenvalue weighted by atomic mass is 10.2. The molecule has 0 unspecified atom stereocenters. The lowest BCUT2D eigenvalue weighted by molar-refractivity contribution is 0.251. The Hall–Kier alpha value is -2.74. The van der Waals surface area contributed by atoms with Gasteiger partial charge < -0.3 is 20.4 Å². The number of piperazine rings is 1. The summed E-state index contributed by atoms with van der Waals surface area (Å²) in [6, 6.07) is 6.15. The van der Waals surface area contributed by atoms with Crippen LogP contribution in [0.15, 0.2) is 36.5 Å². The zero-order chi connectivity index (χ0) is 18.5. The van der Waals surface area contributed by atoms with Crippen molar-refractivity contribution in [1.82, 2.24) is 15.2 Å². The topological polar surface area (TPSA) is 60.5 Å². The second-order valence-electron chi connectivity index (χ2n) is 6.21. The maximum atomic E-state index is 13.6. The molecular formula is C18H21F2N5O. The van der Waals surface area contributed by atoms with Crippen molar-refractivity contribution < 1.29 is 13.6 Å². The highest BCUT2D eigenvalue weighted by molar-refractivity contribution is 5.89. The second-order valence-corrected chi connectivity index (χ2v) is 6.21. The van der Waals surface area contributed by atoms with E-state index in [-0.39, 0.29) is 12.2 Å². The molecule has 2 N–H and O–H groups in total. The summed E-state index contributed by atoms with van der Waals surface area (Å²) < 4.78 is 26.5. The van der Waals surface area contributed by atoms with Crippen LogP contribution in [0.3, 0.4) is 0 Å². The lowest BCUT2D eigenvalue weighted by Crippen LogP contribution is -2.45. The van der Waals surface area contributed by atoms with Gasteiger partial charge in [0.05, 0.1) is 5.69 Å². The summed E-state index contributed by atoms with van der Waals surface area (Å²) in [5, 5.41) is 5.07. The molecule has 0 bridgehead atoms. The van der Waals surface area contributed by atoms with E-state index < -0.39 is 17.7 Å². The van der Waals surface area contributed by atoms with Gasteiger partial charge in [0.25, 0.3) is 0 Å². The summed E-state index contributed by atoms with van der Waals surface area (Å²) >= 11 is 0. The van der Waals surface area contributed by atoms with Crippen molar-refractivity contribution in [3.63, 3.8) is 0 Å². The molecule has 3 rings (SSSR count). The number of aromatic nitrogens is 1. The quantitative estimate of drug-likeness (QED) is 0.878. The van der Waals surface area contributed by atoms with Gasteiger partial charge in [-0.05, 0) is 25.2 Å². The molecular weight excluding hydrogens is 340 g/mol. The molecule has 0 saturated carbocycles. The van der Waals surface area contributed by atoms with Crippen LogP contribution in [0, 0.1) is 11.6 Å². The van der Waals surface area contributed by atoms with Gasteiger partial charge in [-0.25, -0.2) is 18.6 Å². The normalized spacial score (nSPS) is 15.0. The molecule has 2 aromatic rings. The molecule has 0 aliphatic carbocycles. The third-order valence-corrected chi connectivity index (χ3v) is 4.29. The van der Waals surface area contributed by atoms with Crippen molar-refractivity contribution in [2.45, 2.75) is 6.54 Å². The van der Waals surface area contributed by atoms with E-state index in [0.717, 1.165) is 49.7 Å². The number of rotatable bonds is 4. The van der Waals surface area contributed by atoms with Gasteiger partial charge in [0, 0.05) is 50.6 Å². The van der Waals surface area contributed by atoms with Gasteiger partial charge in [-0.2, -0.15) is 0 Å². The number of nitrogens with zero attached hydrogens (tertiary/aromatic N) is 3. The van der Waals surface area contributed by atoms with Gasteiger partial charge in [0.2, 0.25) is 0 Å². The number of anilines is 2. The number of carbonyl (C=O) groups is 1. The third kappa shape index (κ3) is 4.45. The first-order valence-electron chi connectivity index (χ1n) is 8.40. The molecule has 1 aromatic heterocycles. The fraction of sp³-hybridized carbons (Fsp3) is 0.333. The lowest BCUT2D eigenvalue weighted by Gasteiger charge is -2.34. The molecule has 1 fully saturated rings. The molecule has 6 nitrogen and oxygen atoms in total. The first kappa shape index (κ1) is 18.1. The molecule has 26 heavy (non-hydrogen) atoms. The number of hydrogen-bond acceptors (Lipinski definition) is 4. The van der Waals surface area contributed by atoms with Crippen LogP contribution in [-0.4, -0.2) is 49.1 Å². The Morgan fingerprint density at radius 1 is 1.19 bits per heavy atom. The maximum Gasteiger partial charge on any atom is 0.319 e. The monoisotopic (exact) mass is 361 g/mol. The molecule has 0 radical (unpaired) electrons. The SMILES string of the molecule is CN1CCN(c2ncccc2CNC(=O)Nc2ccc(F)cc2F)CC1. The van der Waals surface area contributed by atoms with E-state index >= 15 is 0 Å². The predicted molar refractivity (Wildman–Crippen MR) is 96.2 cm³/mol. The summed E-state index contributed by atoms with van der Waals surface area (Å²) in [6.07, 6.45) is 1.73. The number of hydrogen-bond donors (Lipinski definition) is 2. The maximum absolute atomic E-state index is 13.6. The highest BCUT2D eigenvalue weighted by Gasteiger charge is 2.18. The average Bonchev–Trinajstić information content (AvgIpc) is 2.63. The van der Waals surface area contributed by atoms with Crippen molar-refractivity contribution in [2.75, 3.05) is 43.4 Å². The first-order valence-corrected chi connectivity index (χ1v) is 8.40. The van der Waals surface area contributed by atoms with Crippen LogP contribution in [-0.2, 0) is 6.54 Å². The van der Waals surface area contributed by atoms with Crippen LogP contribution in [0.2, 0.25) is 0 Å². The number of likely N-dealkylation sites (N-methyl/N-ethyl adjacent to an activating group) is 1. The van der Waals surface area contributed by atoms with Gasteiger partial charge in [-0.15, -0.1) is 0 Å². The van der Waals surface area contributed by atoms with Crippen LogP contribution in [0.5, 0.6) is 0 Å². The van der Waals surface area contributed by atoms with Crippen LogP contribution in [0.1, 0.15) is 5.56 Å². The molecule has 2 heterocycles. The molecule has 1 aromatic carbocycles. The van der Waals surface area contributed by atoms with Gasteiger partial charge >= 0.3 is 6.03 Å². The number of urea groups is 1. The van der Waals surface area contributed by atoms with Crippen molar-refractivity contribution in [3.8, 4) is 0 Å². The highest BCUT2D eigenvalue weighted by Crippen LogP contribution is 2.19. The molecule has 0 atom stereocenters. The van der Waals surface area contributed by atoms with Crippen molar-refractivity contribution in [1.29, 1.82) is 0 Å². The minimum Gasteiger partial charge on any atom is -0.354 e. The van der Waals surface area contributed by atoms with E-state index in [4.69, 9.17) is 0 Å². The summed E-state index contributed by atoms with van der Waals surface area (Å²) in [4.78, 5) is 20.9. The fourth-order valence-electron chi connectivity index (χ4n) is 2.80. The van der Waals surface area contributed by atoms with E-state index in [9.17, 15) is 13.6 Å². The summed E-state index contributed by atoms with van der Waals surface area (Å²) in [6.45, 7) is 3.90. The number of carbonyl (C=O) groups excluding carboxylic acids is 1. The van der Waals surface area contributed by atoms with Gasteiger partial charge in [0.15, 0.2) is 0 Å². The number of nitrogens with one attached hydrogen (secondary N) is 2. The Balaban J connectivity index is 1.61. The van der Waals surface area contributed by atoms with Crippen molar-refractivity contribution in [3.05, 3.63) is 53.7 Å². The molecule has 1 aliphatic rings. The second kappa shape index (κ2) is 8.09. The summed E-state index contributed by atoms with van der Waals surface area (Å²) in [5.74, 6) is -0.672. The molecule has 138 valence electrons. The average molecular weight is 361 g/mol. The predicted octanol–water partition coefficient (Wildman–Crippen LogP) is 2.43. The molecule has 8 heteroatoms. The minimum absolute atomic E-state index is 0.0747. The Labute approximate surface area is 150 Å². The van der Waals surface area contributed by atoms with Crippen LogP contribution in [0.25, 0.3) is 0 Å². The first-order chi connectivity index (χ1) is 12.5. The van der Waals surface area contributed by atoms with Crippen molar-refractivity contribution in [2.24, 2.45) is 0 Å². The van der Waals surface area contributed by atoms with E-state index in [1.54, 1.807) is 6.20 Å². The van der Waals surface area contributed by atoms with E-state index in [1.807, 2.05) is 12.1 Å². The Morgan fingerprint density at radius 3 is 2.69 bits per heavy atom. The van der Waals surface area contributed by atoms with Crippen molar-refractivity contribution >= 4 is 17.5 Å². The summed E-state index contributed by atoms with van der Waals surface area (Å²) in [5.41, 5.74) is 0.807. The minimum atomic E-state index is -0.820. The fourth-order valence-corrected chi connectivity index (χ4v) is 2.80. The van der Waals surface area contributed by atoms with Crippen LogP contribution >= 0.6 is 0 Å². The molecule has 2 amide bonds. The van der Waals surface area contributed by atoms with Crippen LogP contribution in [0.4, 0.5) is 25.1 Å². The Morgan fingerprint density at radius 2 is 1.96 bits per heavy atom. The molecule has 0 spiro atoms. The zero-order valence-electron chi connectivity index (χ0n) is 14.5. The van der Waals surface area contributed by atoms with Gasteiger partial charge in [-0.1, -0.05) is 6.07 Å². The standard InChI is InChI=1S/C18H21F2N5O/c1-24-7-9-25(10-8-24)17-13(3-2-6-21-17)12-22-18(26)23-16-5-4-14(19)11-15(16)20/h2-6,11H,7-10,12H2,1H3,(H2,22,23,26). The molecule has 1 aliphatic heterocycles. The summed E-state index contributed by atoms with van der Waals surface area (Å²) in [7, 11) is 2.08. The largest absolute Gasteiger partial charge is 0.354 e. The van der Waals surface area contributed by atoms with Crippen LogP contribution < -0.4 is 15.5 Å². The third-order valence-electron chi connectivity index (χ3n) is 4.29. The number of benzene rings is 1.